The summed E-state index contributed by atoms with van der Waals surface area (Å²) in [6, 6.07) is -0.172. The predicted molar refractivity (Wildman–Crippen MR) is 62.8 cm³/mol. The number of hydrogen-bond acceptors (Lipinski definition) is 3. The molecule has 0 aromatic carbocycles. The molecule has 0 unspecified atom stereocenters. The maximum atomic E-state index is 11.8. The van der Waals surface area contributed by atoms with Gasteiger partial charge in [0, 0.05) is 0 Å². The molecule has 1 N–H and O–H groups in total. The van der Waals surface area contributed by atoms with E-state index in [0.29, 0.717) is 5.92 Å². The monoisotopic (exact) mass is 215 g/mol. The van der Waals surface area contributed by atoms with Gasteiger partial charge in [-0.25, -0.2) is 0 Å². The standard InChI is InChI=1S/C12H25NO2/c1-7-13-10(8-9(2)3)11(14)15-12(4,5)6/h9-10,13H,7-8H2,1-6H3/t10-/m0/s1. The summed E-state index contributed by atoms with van der Waals surface area (Å²) in [5.74, 6) is 0.347. The van der Waals surface area contributed by atoms with E-state index in [1.165, 1.54) is 0 Å². The molecule has 0 aromatic heterocycles. The van der Waals surface area contributed by atoms with Crippen LogP contribution in [0.4, 0.5) is 0 Å². The second-order valence-electron chi connectivity index (χ2n) is 5.27. The first-order valence-electron chi connectivity index (χ1n) is 5.72. The summed E-state index contributed by atoms with van der Waals surface area (Å²) in [6.07, 6.45) is 0.822. The number of carbonyl (C=O) groups is 1. The van der Waals surface area contributed by atoms with Gasteiger partial charge < -0.3 is 10.1 Å². The average molecular weight is 215 g/mol. The zero-order valence-corrected chi connectivity index (χ0v) is 10.9. The molecule has 0 aliphatic heterocycles. The van der Waals surface area contributed by atoms with E-state index in [0.717, 1.165) is 13.0 Å². The van der Waals surface area contributed by atoms with Crippen molar-refractivity contribution in [3.05, 3.63) is 0 Å². The second-order valence-corrected chi connectivity index (χ2v) is 5.27. The lowest BCUT2D eigenvalue weighted by Gasteiger charge is -2.25. The van der Waals surface area contributed by atoms with Crippen LogP contribution in [0.15, 0.2) is 0 Å². The highest BCUT2D eigenvalue weighted by molar-refractivity contribution is 5.76. The molecule has 0 saturated carbocycles. The topological polar surface area (TPSA) is 38.3 Å². The van der Waals surface area contributed by atoms with Gasteiger partial charge in [0.15, 0.2) is 0 Å². The summed E-state index contributed by atoms with van der Waals surface area (Å²) in [5.41, 5.74) is -0.401. The highest BCUT2D eigenvalue weighted by Gasteiger charge is 2.24. The van der Waals surface area contributed by atoms with Gasteiger partial charge in [-0.15, -0.1) is 0 Å². The van der Waals surface area contributed by atoms with Gasteiger partial charge in [0.1, 0.15) is 11.6 Å². The zero-order valence-electron chi connectivity index (χ0n) is 10.9. The van der Waals surface area contributed by atoms with Crippen molar-refractivity contribution >= 4 is 5.97 Å². The van der Waals surface area contributed by atoms with Crippen LogP contribution in [0.25, 0.3) is 0 Å². The molecule has 0 rings (SSSR count). The van der Waals surface area contributed by atoms with Crippen LogP contribution in [-0.4, -0.2) is 24.2 Å². The number of rotatable bonds is 5. The minimum absolute atomic E-state index is 0.141. The van der Waals surface area contributed by atoms with Gasteiger partial charge in [-0.2, -0.15) is 0 Å². The van der Waals surface area contributed by atoms with Gasteiger partial charge in [0.25, 0.3) is 0 Å². The van der Waals surface area contributed by atoms with Crippen molar-refractivity contribution in [3.8, 4) is 0 Å². The highest BCUT2D eigenvalue weighted by atomic mass is 16.6. The Bertz CT molecular complexity index is 194. The molecule has 0 saturated heterocycles. The largest absolute Gasteiger partial charge is 0.459 e. The first-order valence-corrected chi connectivity index (χ1v) is 5.72. The Morgan fingerprint density at radius 1 is 1.33 bits per heavy atom. The molecule has 0 fully saturated rings. The first-order chi connectivity index (χ1) is 6.76. The lowest BCUT2D eigenvalue weighted by atomic mass is 10.0. The summed E-state index contributed by atoms with van der Waals surface area (Å²) < 4.78 is 5.35. The fourth-order valence-electron chi connectivity index (χ4n) is 1.35. The van der Waals surface area contributed by atoms with Crippen LogP contribution < -0.4 is 5.32 Å². The van der Waals surface area contributed by atoms with Gasteiger partial charge >= 0.3 is 5.97 Å². The van der Waals surface area contributed by atoms with Crippen LogP contribution in [-0.2, 0) is 9.53 Å². The third-order valence-corrected chi connectivity index (χ3v) is 1.85. The predicted octanol–water partition coefficient (Wildman–Crippen LogP) is 2.35. The Morgan fingerprint density at radius 2 is 1.87 bits per heavy atom. The average Bonchev–Trinajstić information content (AvgIpc) is 1.99. The Labute approximate surface area is 93.6 Å². The quantitative estimate of drug-likeness (QED) is 0.715. The first kappa shape index (κ1) is 14.4. The highest BCUT2D eigenvalue weighted by Crippen LogP contribution is 2.12. The second kappa shape index (κ2) is 6.11. The van der Waals surface area contributed by atoms with Crippen LogP contribution in [0.5, 0.6) is 0 Å². The summed E-state index contributed by atoms with van der Waals surface area (Å²) in [7, 11) is 0. The van der Waals surface area contributed by atoms with Crippen molar-refractivity contribution in [2.24, 2.45) is 5.92 Å². The molecular weight excluding hydrogens is 190 g/mol. The fraction of sp³-hybridized carbons (Fsp3) is 0.917. The number of nitrogens with one attached hydrogen (secondary N) is 1. The molecule has 3 heteroatoms. The Morgan fingerprint density at radius 3 is 2.20 bits per heavy atom. The van der Waals surface area contributed by atoms with Crippen LogP contribution in [0.3, 0.4) is 0 Å². The summed E-state index contributed by atoms with van der Waals surface area (Å²) in [4.78, 5) is 11.8. The van der Waals surface area contributed by atoms with E-state index < -0.39 is 5.60 Å². The summed E-state index contributed by atoms with van der Waals surface area (Å²) >= 11 is 0. The number of carbonyl (C=O) groups excluding carboxylic acids is 1. The van der Waals surface area contributed by atoms with E-state index >= 15 is 0 Å². The maximum Gasteiger partial charge on any atom is 0.323 e. The van der Waals surface area contributed by atoms with Crippen molar-refractivity contribution in [1.29, 1.82) is 0 Å². The van der Waals surface area contributed by atoms with E-state index in [2.05, 4.69) is 19.2 Å². The Kier molecular flexibility index (Phi) is 5.88. The molecule has 90 valence electrons. The lowest BCUT2D eigenvalue weighted by Crippen LogP contribution is -2.42. The van der Waals surface area contributed by atoms with Crippen molar-refractivity contribution in [1.82, 2.24) is 5.32 Å². The van der Waals surface area contributed by atoms with E-state index in [-0.39, 0.29) is 12.0 Å². The summed E-state index contributed by atoms with van der Waals surface area (Å²) in [5, 5.41) is 3.16. The van der Waals surface area contributed by atoms with Crippen LogP contribution in [0.2, 0.25) is 0 Å². The summed E-state index contributed by atoms with van der Waals surface area (Å²) in [6.45, 7) is 12.7. The molecule has 0 spiro atoms. The molecule has 0 heterocycles. The molecule has 0 aromatic rings. The molecule has 0 bridgehead atoms. The van der Waals surface area contributed by atoms with Gasteiger partial charge in [0.05, 0.1) is 0 Å². The molecule has 0 aliphatic carbocycles. The van der Waals surface area contributed by atoms with Gasteiger partial charge in [0.2, 0.25) is 0 Å². The number of likely N-dealkylation sites (N-methyl/N-ethyl adjacent to an activating group) is 1. The smallest absolute Gasteiger partial charge is 0.323 e. The minimum atomic E-state index is -0.401. The van der Waals surface area contributed by atoms with Crippen molar-refractivity contribution in [3.63, 3.8) is 0 Å². The van der Waals surface area contributed by atoms with Crippen LogP contribution in [0, 0.1) is 5.92 Å². The van der Waals surface area contributed by atoms with Crippen LogP contribution >= 0.6 is 0 Å². The molecule has 0 aliphatic rings. The fourth-order valence-corrected chi connectivity index (χ4v) is 1.35. The van der Waals surface area contributed by atoms with E-state index in [1.807, 2.05) is 27.7 Å². The number of esters is 1. The number of ether oxygens (including phenoxy) is 1. The molecular formula is C12H25NO2. The van der Waals surface area contributed by atoms with E-state index in [9.17, 15) is 4.79 Å². The number of hydrogen-bond donors (Lipinski definition) is 1. The molecule has 0 amide bonds. The normalized spacial score (nSPS) is 14.1. The van der Waals surface area contributed by atoms with E-state index in [4.69, 9.17) is 4.74 Å². The van der Waals surface area contributed by atoms with Crippen molar-refractivity contribution < 1.29 is 9.53 Å². The van der Waals surface area contributed by atoms with Crippen LogP contribution in [0.1, 0.15) is 48.0 Å². The van der Waals surface area contributed by atoms with Gasteiger partial charge in [-0.05, 0) is 39.7 Å². The SMILES string of the molecule is CCN[C@@H](CC(C)C)C(=O)OC(C)(C)C. The van der Waals surface area contributed by atoms with Gasteiger partial charge in [-0.3, -0.25) is 4.79 Å². The minimum Gasteiger partial charge on any atom is -0.459 e. The van der Waals surface area contributed by atoms with Gasteiger partial charge in [-0.1, -0.05) is 20.8 Å². The third kappa shape index (κ3) is 7.37. The molecule has 1 atom stereocenters. The Hall–Kier alpha value is -0.570. The molecule has 15 heavy (non-hydrogen) atoms. The Balaban J connectivity index is 4.28. The van der Waals surface area contributed by atoms with E-state index in [1.54, 1.807) is 0 Å². The third-order valence-electron chi connectivity index (χ3n) is 1.85. The maximum absolute atomic E-state index is 11.8. The van der Waals surface area contributed by atoms with Crippen molar-refractivity contribution in [2.75, 3.05) is 6.54 Å². The lowest BCUT2D eigenvalue weighted by molar-refractivity contribution is -0.157. The van der Waals surface area contributed by atoms with Crippen molar-refractivity contribution in [2.45, 2.75) is 59.6 Å². The zero-order chi connectivity index (χ0) is 12.1. The molecule has 0 radical (unpaired) electrons. The molecule has 3 nitrogen and oxygen atoms in total.